The Morgan fingerprint density at radius 3 is 2.20 bits per heavy atom. The highest BCUT2D eigenvalue weighted by Gasteiger charge is 2.48. The predicted octanol–water partition coefficient (Wildman–Crippen LogP) is 3.53. The molecule has 0 bridgehead atoms. The third-order valence-electron chi connectivity index (χ3n) is 4.69. The molecule has 130 valence electrons. The highest BCUT2D eigenvalue weighted by atomic mass is 16.5. The third kappa shape index (κ3) is 3.65. The molecule has 0 aromatic heterocycles. The van der Waals surface area contributed by atoms with Crippen LogP contribution in [0, 0.1) is 25.7 Å². The van der Waals surface area contributed by atoms with Crippen LogP contribution in [0.2, 0.25) is 0 Å². The SMILES string of the molecule is COc1ccccc1NC(=O)C1CC1C(=O)Nc1cccc(C)c1C. The third-order valence-corrected chi connectivity index (χ3v) is 4.69. The molecule has 5 heteroatoms. The molecule has 2 N–H and O–H groups in total. The number of methoxy groups -OCH3 is 1. The first-order valence-corrected chi connectivity index (χ1v) is 8.32. The van der Waals surface area contributed by atoms with Crippen LogP contribution in [0.4, 0.5) is 11.4 Å². The molecule has 0 spiro atoms. The molecule has 2 atom stereocenters. The lowest BCUT2D eigenvalue weighted by atomic mass is 10.1. The van der Waals surface area contributed by atoms with Crippen molar-refractivity contribution in [1.29, 1.82) is 0 Å². The van der Waals surface area contributed by atoms with Crippen LogP contribution < -0.4 is 15.4 Å². The number of nitrogens with one attached hydrogen (secondary N) is 2. The zero-order valence-corrected chi connectivity index (χ0v) is 14.6. The summed E-state index contributed by atoms with van der Waals surface area (Å²) >= 11 is 0. The monoisotopic (exact) mass is 338 g/mol. The topological polar surface area (TPSA) is 67.4 Å². The first-order valence-electron chi connectivity index (χ1n) is 8.32. The maximum absolute atomic E-state index is 12.4. The summed E-state index contributed by atoms with van der Waals surface area (Å²) in [7, 11) is 1.56. The van der Waals surface area contributed by atoms with Crippen LogP contribution in [0.25, 0.3) is 0 Å². The van der Waals surface area contributed by atoms with Gasteiger partial charge in [-0.3, -0.25) is 9.59 Å². The number of ether oxygens (including phenoxy) is 1. The maximum atomic E-state index is 12.4. The molecule has 1 saturated carbocycles. The fraction of sp³-hybridized carbons (Fsp3) is 0.300. The Balaban J connectivity index is 1.61. The summed E-state index contributed by atoms with van der Waals surface area (Å²) in [5.74, 6) is -0.225. The van der Waals surface area contributed by atoms with Crippen molar-refractivity contribution < 1.29 is 14.3 Å². The zero-order chi connectivity index (χ0) is 18.0. The summed E-state index contributed by atoms with van der Waals surface area (Å²) in [6.07, 6.45) is 0.567. The van der Waals surface area contributed by atoms with E-state index in [1.165, 1.54) is 0 Å². The maximum Gasteiger partial charge on any atom is 0.228 e. The number of para-hydroxylation sites is 2. The molecule has 5 nitrogen and oxygen atoms in total. The second-order valence-corrected chi connectivity index (χ2v) is 6.37. The van der Waals surface area contributed by atoms with E-state index in [2.05, 4.69) is 10.6 Å². The minimum absolute atomic E-state index is 0.103. The Morgan fingerprint density at radius 1 is 0.920 bits per heavy atom. The van der Waals surface area contributed by atoms with Crippen molar-refractivity contribution in [1.82, 2.24) is 0 Å². The van der Waals surface area contributed by atoms with Crippen LogP contribution in [0.15, 0.2) is 42.5 Å². The normalized spacial score (nSPS) is 18.4. The Labute approximate surface area is 147 Å². The molecule has 2 amide bonds. The van der Waals surface area contributed by atoms with Crippen molar-refractivity contribution in [2.45, 2.75) is 20.3 Å². The smallest absolute Gasteiger partial charge is 0.228 e. The summed E-state index contributed by atoms with van der Waals surface area (Å²) < 4.78 is 5.23. The fourth-order valence-corrected chi connectivity index (χ4v) is 2.86. The van der Waals surface area contributed by atoms with Gasteiger partial charge in [0.05, 0.1) is 24.6 Å². The number of aryl methyl sites for hydroxylation is 1. The van der Waals surface area contributed by atoms with E-state index in [4.69, 9.17) is 4.74 Å². The number of carbonyl (C=O) groups excluding carboxylic acids is 2. The summed E-state index contributed by atoms with van der Waals surface area (Å²) in [6, 6.07) is 13.0. The molecule has 1 aliphatic rings. The van der Waals surface area contributed by atoms with Gasteiger partial charge >= 0.3 is 0 Å². The van der Waals surface area contributed by atoms with E-state index in [1.54, 1.807) is 19.2 Å². The van der Waals surface area contributed by atoms with Gasteiger partial charge in [-0.2, -0.15) is 0 Å². The van der Waals surface area contributed by atoms with Gasteiger partial charge in [-0.25, -0.2) is 0 Å². The van der Waals surface area contributed by atoms with Gasteiger partial charge in [0.15, 0.2) is 0 Å². The van der Waals surface area contributed by atoms with Crippen molar-refractivity contribution in [2.75, 3.05) is 17.7 Å². The van der Waals surface area contributed by atoms with E-state index in [0.29, 0.717) is 17.9 Å². The van der Waals surface area contributed by atoms with Crippen molar-refractivity contribution in [3.05, 3.63) is 53.6 Å². The molecule has 2 aromatic rings. The number of hydrogen-bond acceptors (Lipinski definition) is 3. The molecule has 0 saturated heterocycles. The van der Waals surface area contributed by atoms with E-state index >= 15 is 0 Å². The van der Waals surface area contributed by atoms with Crippen LogP contribution in [-0.2, 0) is 9.59 Å². The molecule has 1 fully saturated rings. The number of amides is 2. The Hall–Kier alpha value is -2.82. The van der Waals surface area contributed by atoms with E-state index < -0.39 is 0 Å². The summed E-state index contributed by atoms with van der Waals surface area (Å²) in [5, 5.41) is 5.79. The molecule has 3 rings (SSSR count). The van der Waals surface area contributed by atoms with Gasteiger partial charge in [0.2, 0.25) is 11.8 Å². The summed E-state index contributed by atoms with van der Waals surface area (Å²) in [5.41, 5.74) is 3.60. The summed E-state index contributed by atoms with van der Waals surface area (Å²) in [4.78, 5) is 24.8. The quantitative estimate of drug-likeness (QED) is 0.876. The number of anilines is 2. The highest BCUT2D eigenvalue weighted by molar-refractivity contribution is 6.03. The Morgan fingerprint density at radius 2 is 1.52 bits per heavy atom. The van der Waals surface area contributed by atoms with Gasteiger partial charge in [0.25, 0.3) is 0 Å². The number of hydrogen-bond donors (Lipinski definition) is 2. The standard InChI is InChI=1S/C20H22N2O3/c1-12-7-6-9-16(13(12)2)21-19(23)14-11-15(14)20(24)22-17-8-4-5-10-18(17)25-3/h4-10,14-15H,11H2,1-3H3,(H,21,23)(H,22,24). The van der Waals surface area contributed by atoms with Crippen LogP contribution in [0.3, 0.4) is 0 Å². The van der Waals surface area contributed by atoms with E-state index in [-0.39, 0.29) is 23.7 Å². The van der Waals surface area contributed by atoms with E-state index in [9.17, 15) is 9.59 Å². The lowest BCUT2D eigenvalue weighted by molar-refractivity contribution is -0.122. The van der Waals surface area contributed by atoms with Crippen LogP contribution >= 0.6 is 0 Å². The van der Waals surface area contributed by atoms with Gasteiger partial charge in [-0.1, -0.05) is 24.3 Å². The summed E-state index contributed by atoms with van der Waals surface area (Å²) in [6.45, 7) is 3.98. The lowest BCUT2D eigenvalue weighted by Gasteiger charge is -2.11. The van der Waals surface area contributed by atoms with Crippen molar-refractivity contribution in [3.63, 3.8) is 0 Å². The fourth-order valence-electron chi connectivity index (χ4n) is 2.86. The molecule has 25 heavy (non-hydrogen) atoms. The van der Waals surface area contributed by atoms with Crippen LogP contribution in [0.1, 0.15) is 17.5 Å². The van der Waals surface area contributed by atoms with Gasteiger partial charge in [-0.15, -0.1) is 0 Å². The average molecular weight is 338 g/mol. The lowest BCUT2D eigenvalue weighted by Crippen LogP contribution is -2.21. The molecular formula is C20H22N2O3. The molecule has 0 aliphatic heterocycles. The van der Waals surface area contributed by atoms with Crippen molar-refractivity contribution >= 4 is 23.2 Å². The Kier molecular flexibility index (Phi) is 4.74. The molecule has 0 heterocycles. The first kappa shape index (κ1) is 17.0. The zero-order valence-electron chi connectivity index (χ0n) is 14.6. The number of benzene rings is 2. The minimum atomic E-state index is -0.296. The van der Waals surface area contributed by atoms with Gasteiger partial charge in [-0.05, 0) is 49.6 Å². The van der Waals surface area contributed by atoms with Crippen LogP contribution in [0.5, 0.6) is 5.75 Å². The van der Waals surface area contributed by atoms with Crippen molar-refractivity contribution in [3.8, 4) is 5.75 Å². The van der Waals surface area contributed by atoms with E-state index in [0.717, 1.165) is 16.8 Å². The molecule has 0 radical (unpaired) electrons. The number of carbonyl (C=O) groups is 2. The highest BCUT2D eigenvalue weighted by Crippen LogP contribution is 2.41. The Bertz CT molecular complexity index is 816. The second-order valence-electron chi connectivity index (χ2n) is 6.37. The minimum Gasteiger partial charge on any atom is -0.495 e. The molecule has 2 aromatic carbocycles. The van der Waals surface area contributed by atoms with Crippen LogP contribution in [-0.4, -0.2) is 18.9 Å². The molecule has 1 aliphatic carbocycles. The van der Waals surface area contributed by atoms with Crippen molar-refractivity contribution in [2.24, 2.45) is 11.8 Å². The van der Waals surface area contributed by atoms with Gasteiger partial charge < -0.3 is 15.4 Å². The molecular weight excluding hydrogens is 316 g/mol. The molecule has 2 unspecified atom stereocenters. The second kappa shape index (κ2) is 6.97. The number of rotatable bonds is 5. The largest absolute Gasteiger partial charge is 0.495 e. The average Bonchev–Trinajstić information content (AvgIpc) is 3.40. The van der Waals surface area contributed by atoms with Gasteiger partial charge in [0.1, 0.15) is 5.75 Å². The first-order chi connectivity index (χ1) is 12.0. The van der Waals surface area contributed by atoms with Gasteiger partial charge in [0, 0.05) is 5.69 Å². The van der Waals surface area contributed by atoms with E-state index in [1.807, 2.05) is 44.2 Å². The predicted molar refractivity (Wildman–Crippen MR) is 97.8 cm³/mol.